The maximum Gasteiger partial charge on any atom is 0.313 e. The third-order valence-electron chi connectivity index (χ3n) is 2.72. The van der Waals surface area contributed by atoms with Crippen LogP contribution in [0.3, 0.4) is 0 Å². The molecule has 20 heavy (non-hydrogen) atoms. The first-order valence-corrected chi connectivity index (χ1v) is 5.85. The van der Waals surface area contributed by atoms with Gasteiger partial charge in [0, 0.05) is 0 Å². The summed E-state index contributed by atoms with van der Waals surface area (Å²) in [4.78, 5) is 10.1. The van der Waals surface area contributed by atoms with Gasteiger partial charge in [0.15, 0.2) is 5.75 Å². The lowest BCUT2D eigenvalue weighted by atomic mass is 10.1. The first-order chi connectivity index (χ1) is 9.60. The summed E-state index contributed by atoms with van der Waals surface area (Å²) in [6.45, 7) is 0.0722. The second-order valence-electron chi connectivity index (χ2n) is 4.13. The van der Waals surface area contributed by atoms with Crippen LogP contribution in [-0.2, 0) is 13.2 Å². The van der Waals surface area contributed by atoms with Gasteiger partial charge in [-0.15, -0.1) is 0 Å². The zero-order chi connectivity index (χ0) is 14.5. The van der Waals surface area contributed by atoms with Gasteiger partial charge in [0.2, 0.25) is 0 Å². The van der Waals surface area contributed by atoms with E-state index in [-0.39, 0.29) is 19.0 Å². The molecule has 0 aromatic heterocycles. The number of benzene rings is 2. The molecule has 6 heteroatoms. The minimum atomic E-state index is -0.687. The number of aliphatic hydroxyl groups is 1. The van der Waals surface area contributed by atoms with Gasteiger partial charge in [0.05, 0.1) is 17.6 Å². The van der Waals surface area contributed by atoms with Crippen molar-refractivity contribution in [1.82, 2.24) is 0 Å². The molecular weight excluding hydrogens is 265 g/mol. The van der Waals surface area contributed by atoms with Crippen LogP contribution in [0.2, 0.25) is 0 Å². The minimum Gasteiger partial charge on any atom is -0.482 e. The largest absolute Gasteiger partial charge is 0.482 e. The van der Waals surface area contributed by atoms with Crippen LogP contribution in [-0.4, -0.2) is 10.0 Å². The Labute approximate surface area is 114 Å². The Morgan fingerprint density at radius 2 is 1.80 bits per heavy atom. The molecule has 104 valence electrons. The number of nitrogens with zero attached hydrogens (tertiary/aromatic N) is 1. The minimum absolute atomic E-state index is 0.0163. The molecule has 2 aromatic carbocycles. The van der Waals surface area contributed by atoms with Crippen molar-refractivity contribution in [2.45, 2.75) is 13.2 Å². The second-order valence-corrected chi connectivity index (χ2v) is 4.13. The molecule has 0 radical (unpaired) electrons. The molecule has 2 rings (SSSR count). The summed E-state index contributed by atoms with van der Waals surface area (Å²) in [5, 5.41) is 19.7. The van der Waals surface area contributed by atoms with Gasteiger partial charge in [-0.05, 0) is 23.3 Å². The SMILES string of the molecule is O=[N+]([O-])c1cc(F)ccc1OCc1ccc(CO)cc1. The monoisotopic (exact) mass is 277 g/mol. The van der Waals surface area contributed by atoms with E-state index in [2.05, 4.69) is 0 Å². The van der Waals surface area contributed by atoms with Gasteiger partial charge >= 0.3 is 5.69 Å². The van der Waals surface area contributed by atoms with E-state index < -0.39 is 16.4 Å². The summed E-state index contributed by atoms with van der Waals surface area (Å²) >= 11 is 0. The van der Waals surface area contributed by atoms with Crippen LogP contribution in [0.25, 0.3) is 0 Å². The van der Waals surface area contributed by atoms with E-state index in [1.807, 2.05) is 0 Å². The van der Waals surface area contributed by atoms with E-state index >= 15 is 0 Å². The van der Waals surface area contributed by atoms with Crippen molar-refractivity contribution in [2.75, 3.05) is 0 Å². The van der Waals surface area contributed by atoms with Crippen molar-refractivity contribution in [1.29, 1.82) is 0 Å². The van der Waals surface area contributed by atoms with Crippen molar-refractivity contribution < 1.29 is 19.2 Å². The molecule has 0 amide bonds. The molecule has 0 bridgehead atoms. The van der Waals surface area contributed by atoms with E-state index in [1.165, 1.54) is 6.07 Å². The van der Waals surface area contributed by atoms with E-state index in [0.717, 1.165) is 23.3 Å². The third kappa shape index (κ3) is 3.30. The number of hydrogen-bond donors (Lipinski definition) is 1. The molecule has 0 aliphatic rings. The first kappa shape index (κ1) is 14.0. The molecule has 0 fully saturated rings. The molecule has 0 aliphatic carbocycles. The Bertz CT molecular complexity index is 613. The van der Waals surface area contributed by atoms with Crippen molar-refractivity contribution in [3.05, 3.63) is 69.5 Å². The van der Waals surface area contributed by atoms with Crippen LogP contribution in [0.15, 0.2) is 42.5 Å². The summed E-state index contributed by atoms with van der Waals surface area (Å²) in [5.41, 5.74) is 1.15. The highest BCUT2D eigenvalue weighted by Gasteiger charge is 2.16. The molecule has 0 heterocycles. The maximum absolute atomic E-state index is 13.0. The highest BCUT2D eigenvalue weighted by molar-refractivity contribution is 5.46. The van der Waals surface area contributed by atoms with Crippen LogP contribution in [0, 0.1) is 15.9 Å². The molecule has 1 N–H and O–H groups in total. The Balaban J connectivity index is 2.12. The Morgan fingerprint density at radius 1 is 1.15 bits per heavy atom. The van der Waals surface area contributed by atoms with Crippen molar-refractivity contribution in [3.63, 3.8) is 0 Å². The maximum atomic E-state index is 13.0. The molecule has 5 nitrogen and oxygen atoms in total. The molecule has 0 atom stereocenters. The molecule has 0 saturated heterocycles. The lowest BCUT2D eigenvalue weighted by molar-refractivity contribution is -0.386. The molecule has 0 unspecified atom stereocenters. The number of nitro benzene ring substituents is 1. The zero-order valence-electron chi connectivity index (χ0n) is 10.5. The van der Waals surface area contributed by atoms with Gasteiger partial charge < -0.3 is 9.84 Å². The van der Waals surface area contributed by atoms with E-state index in [9.17, 15) is 14.5 Å². The fourth-order valence-electron chi connectivity index (χ4n) is 1.66. The average molecular weight is 277 g/mol. The van der Waals surface area contributed by atoms with Gasteiger partial charge in [-0.3, -0.25) is 10.1 Å². The van der Waals surface area contributed by atoms with Crippen LogP contribution < -0.4 is 4.74 Å². The van der Waals surface area contributed by atoms with E-state index in [4.69, 9.17) is 9.84 Å². The number of rotatable bonds is 5. The third-order valence-corrected chi connectivity index (χ3v) is 2.72. The summed E-state index contributed by atoms with van der Waals surface area (Å²) in [6.07, 6.45) is 0. The molecule has 0 aliphatic heterocycles. The van der Waals surface area contributed by atoms with Gasteiger partial charge in [0.25, 0.3) is 0 Å². The van der Waals surface area contributed by atoms with Gasteiger partial charge in [0.1, 0.15) is 12.4 Å². The lowest BCUT2D eigenvalue weighted by Crippen LogP contribution is -2.00. The van der Waals surface area contributed by atoms with Crippen molar-refractivity contribution >= 4 is 5.69 Å². The highest BCUT2D eigenvalue weighted by Crippen LogP contribution is 2.28. The topological polar surface area (TPSA) is 72.6 Å². The predicted molar refractivity (Wildman–Crippen MR) is 69.8 cm³/mol. The van der Waals surface area contributed by atoms with Crippen molar-refractivity contribution in [2.24, 2.45) is 0 Å². The smallest absolute Gasteiger partial charge is 0.313 e. The lowest BCUT2D eigenvalue weighted by Gasteiger charge is -2.07. The summed E-state index contributed by atoms with van der Waals surface area (Å²) in [5.74, 6) is -0.668. The number of ether oxygens (including phenoxy) is 1. The summed E-state index contributed by atoms with van der Waals surface area (Å²) in [7, 11) is 0. The van der Waals surface area contributed by atoms with E-state index in [1.54, 1.807) is 24.3 Å². The predicted octanol–water partition coefficient (Wildman–Crippen LogP) is 2.81. The fourth-order valence-corrected chi connectivity index (χ4v) is 1.66. The Hall–Kier alpha value is -2.47. The van der Waals surface area contributed by atoms with Gasteiger partial charge in [-0.25, -0.2) is 4.39 Å². The standard InChI is InChI=1S/C14H12FNO4/c15-12-5-6-14(13(7-12)16(18)19)20-9-11-3-1-10(8-17)2-4-11/h1-7,17H,8-9H2. The number of aliphatic hydroxyl groups excluding tert-OH is 1. The van der Waals surface area contributed by atoms with Crippen LogP contribution in [0.4, 0.5) is 10.1 Å². The number of nitro groups is 1. The van der Waals surface area contributed by atoms with Crippen LogP contribution in [0.1, 0.15) is 11.1 Å². The Kier molecular flexibility index (Phi) is 4.27. The fraction of sp³-hybridized carbons (Fsp3) is 0.143. The molecular formula is C14H12FNO4. The average Bonchev–Trinajstić information content (AvgIpc) is 2.46. The molecule has 0 saturated carbocycles. The highest BCUT2D eigenvalue weighted by atomic mass is 19.1. The quantitative estimate of drug-likeness (QED) is 0.673. The van der Waals surface area contributed by atoms with E-state index in [0.29, 0.717) is 0 Å². The number of halogens is 1. The van der Waals surface area contributed by atoms with Crippen molar-refractivity contribution in [3.8, 4) is 5.75 Å². The molecule has 0 spiro atoms. The van der Waals surface area contributed by atoms with Crippen LogP contribution >= 0.6 is 0 Å². The first-order valence-electron chi connectivity index (χ1n) is 5.85. The molecule has 2 aromatic rings. The summed E-state index contributed by atoms with van der Waals surface area (Å²) in [6, 6.07) is 10.1. The van der Waals surface area contributed by atoms with Crippen LogP contribution in [0.5, 0.6) is 5.75 Å². The zero-order valence-corrected chi connectivity index (χ0v) is 10.5. The second kappa shape index (κ2) is 6.12. The summed E-state index contributed by atoms with van der Waals surface area (Å²) < 4.78 is 18.3. The van der Waals surface area contributed by atoms with Gasteiger partial charge in [-0.2, -0.15) is 0 Å². The normalized spacial score (nSPS) is 10.3. The number of hydrogen-bond acceptors (Lipinski definition) is 4. The Morgan fingerprint density at radius 3 is 2.40 bits per heavy atom. The van der Waals surface area contributed by atoms with Gasteiger partial charge in [-0.1, -0.05) is 24.3 Å².